The van der Waals surface area contributed by atoms with Gasteiger partial charge < -0.3 is 15.4 Å². The van der Waals surface area contributed by atoms with Crippen LogP contribution in [0.5, 0.6) is 0 Å². The molecule has 0 bridgehead atoms. The quantitative estimate of drug-likeness (QED) is 0.533. The molecule has 0 heterocycles. The van der Waals surface area contributed by atoms with E-state index < -0.39 is 0 Å². The Morgan fingerprint density at radius 2 is 2.15 bits per heavy atom. The van der Waals surface area contributed by atoms with Crippen LogP contribution in [-0.2, 0) is 9.53 Å². The standard InChI is InChI=1S/C9H20N2O2/c1-3-5-11-9(12)8-10-6-4-7-13-2/h10H,3-8H2,1-2H3,(H,11,12). The number of hydrogen-bond donors (Lipinski definition) is 2. The Morgan fingerprint density at radius 1 is 1.38 bits per heavy atom. The zero-order chi connectivity index (χ0) is 9.94. The lowest BCUT2D eigenvalue weighted by molar-refractivity contribution is -0.120. The highest BCUT2D eigenvalue weighted by Gasteiger charge is 1.97. The van der Waals surface area contributed by atoms with E-state index in [-0.39, 0.29) is 5.91 Å². The average Bonchev–Trinajstić information content (AvgIpc) is 2.14. The summed E-state index contributed by atoms with van der Waals surface area (Å²) < 4.78 is 4.87. The van der Waals surface area contributed by atoms with Crippen LogP contribution in [0.2, 0.25) is 0 Å². The SMILES string of the molecule is CCCNC(=O)CNCCCOC. The summed E-state index contributed by atoms with van der Waals surface area (Å²) in [6.45, 7) is 4.77. The van der Waals surface area contributed by atoms with Gasteiger partial charge >= 0.3 is 0 Å². The van der Waals surface area contributed by atoms with Gasteiger partial charge in [0.1, 0.15) is 0 Å². The zero-order valence-electron chi connectivity index (χ0n) is 8.56. The number of ether oxygens (including phenoxy) is 1. The molecule has 0 atom stereocenters. The van der Waals surface area contributed by atoms with Crippen LogP contribution >= 0.6 is 0 Å². The van der Waals surface area contributed by atoms with E-state index in [1.165, 1.54) is 0 Å². The average molecular weight is 188 g/mol. The van der Waals surface area contributed by atoms with Gasteiger partial charge in [0.25, 0.3) is 0 Å². The summed E-state index contributed by atoms with van der Waals surface area (Å²) in [6.07, 6.45) is 1.92. The van der Waals surface area contributed by atoms with E-state index in [1.807, 2.05) is 6.92 Å². The first-order valence-corrected chi connectivity index (χ1v) is 4.77. The van der Waals surface area contributed by atoms with E-state index in [0.717, 1.165) is 32.5 Å². The molecule has 2 N–H and O–H groups in total. The summed E-state index contributed by atoms with van der Waals surface area (Å²) in [7, 11) is 1.67. The number of nitrogens with one attached hydrogen (secondary N) is 2. The third kappa shape index (κ3) is 9.30. The smallest absolute Gasteiger partial charge is 0.233 e. The van der Waals surface area contributed by atoms with Crippen LogP contribution in [-0.4, -0.2) is 39.3 Å². The predicted molar refractivity (Wildman–Crippen MR) is 52.7 cm³/mol. The van der Waals surface area contributed by atoms with E-state index in [1.54, 1.807) is 7.11 Å². The Bertz CT molecular complexity index is 129. The van der Waals surface area contributed by atoms with Gasteiger partial charge in [-0.25, -0.2) is 0 Å². The van der Waals surface area contributed by atoms with Gasteiger partial charge in [-0.2, -0.15) is 0 Å². The second-order valence-electron chi connectivity index (χ2n) is 2.87. The third-order valence-corrected chi connectivity index (χ3v) is 1.56. The molecule has 0 unspecified atom stereocenters. The van der Waals surface area contributed by atoms with E-state index in [4.69, 9.17) is 4.74 Å². The maximum absolute atomic E-state index is 11.0. The molecule has 4 nitrogen and oxygen atoms in total. The molecule has 0 aliphatic heterocycles. The summed E-state index contributed by atoms with van der Waals surface area (Å²) >= 11 is 0. The molecule has 0 saturated heterocycles. The minimum Gasteiger partial charge on any atom is -0.385 e. The topological polar surface area (TPSA) is 50.4 Å². The van der Waals surface area contributed by atoms with Crippen molar-refractivity contribution in [3.8, 4) is 0 Å². The molecule has 0 spiro atoms. The van der Waals surface area contributed by atoms with Crippen LogP contribution in [0.15, 0.2) is 0 Å². The molecule has 0 aromatic heterocycles. The molecule has 0 saturated carbocycles. The van der Waals surface area contributed by atoms with Gasteiger partial charge in [-0.1, -0.05) is 6.92 Å². The number of methoxy groups -OCH3 is 1. The highest BCUT2D eigenvalue weighted by Crippen LogP contribution is 1.76. The summed E-state index contributed by atoms with van der Waals surface area (Å²) in [5.41, 5.74) is 0. The van der Waals surface area contributed by atoms with Crippen molar-refractivity contribution in [2.45, 2.75) is 19.8 Å². The van der Waals surface area contributed by atoms with Crippen molar-refractivity contribution in [2.75, 3.05) is 33.4 Å². The molecule has 0 fully saturated rings. The maximum Gasteiger partial charge on any atom is 0.233 e. The Morgan fingerprint density at radius 3 is 2.77 bits per heavy atom. The van der Waals surface area contributed by atoms with Crippen LogP contribution in [0.3, 0.4) is 0 Å². The summed E-state index contributed by atoms with van der Waals surface area (Å²) in [6, 6.07) is 0. The van der Waals surface area contributed by atoms with Crippen molar-refractivity contribution in [2.24, 2.45) is 0 Å². The lowest BCUT2D eigenvalue weighted by atomic mass is 10.4. The normalized spacial score (nSPS) is 10.0. The van der Waals surface area contributed by atoms with E-state index >= 15 is 0 Å². The summed E-state index contributed by atoms with van der Waals surface area (Å²) in [5.74, 6) is 0.0688. The van der Waals surface area contributed by atoms with Crippen molar-refractivity contribution in [1.82, 2.24) is 10.6 Å². The molecule has 0 aromatic rings. The van der Waals surface area contributed by atoms with Gasteiger partial charge in [-0.05, 0) is 19.4 Å². The van der Waals surface area contributed by atoms with Crippen molar-refractivity contribution in [3.05, 3.63) is 0 Å². The van der Waals surface area contributed by atoms with Crippen LogP contribution in [0, 0.1) is 0 Å². The van der Waals surface area contributed by atoms with Gasteiger partial charge in [-0.15, -0.1) is 0 Å². The molecule has 13 heavy (non-hydrogen) atoms. The minimum absolute atomic E-state index is 0.0688. The van der Waals surface area contributed by atoms with Crippen molar-refractivity contribution in [1.29, 1.82) is 0 Å². The Hall–Kier alpha value is -0.610. The molecular weight excluding hydrogens is 168 g/mol. The van der Waals surface area contributed by atoms with Gasteiger partial charge in [-0.3, -0.25) is 4.79 Å². The highest BCUT2D eigenvalue weighted by molar-refractivity contribution is 5.77. The van der Waals surface area contributed by atoms with Crippen LogP contribution in [0.4, 0.5) is 0 Å². The summed E-state index contributed by atoms with van der Waals surface area (Å²) in [5, 5.41) is 5.83. The van der Waals surface area contributed by atoms with Crippen molar-refractivity contribution < 1.29 is 9.53 Å². The predicted octanol–water partition coefficient (Wildman–Crippen LogP) is 0.139. The second-order valence-corrected chi connectivity index (χ2v) is 2.87. The monoisotopic (exact) mass is 188 g/mol. The fourth-order valence-corrected chi connectivity index (χ4v) is 0.870. The Balaban J connectivity index is 3.08. The molecule has 78 valence electrons. The van der Waals surface area contributed by atoms with Crippen LogP contribution in [0.25, 0.3) is 0 Å². The Kier molecular flexibility index (Phi) is 9.03. The number of hydrogen-bond acceptors (Lipinski definition) is 3. The van der Waals surface area contributed by atoms with Gasteiger partial charge in [0, 0.05) is 20.3 Å². The number of rotatable bonds is 8. The van der Waals surface area contributed by atoms with E-state index in [0.29, 0.717) is 6.54 Å². The maximum atomic E-state index is 11.0. The molecule has 0 radical (unpaired) electrons. The number of carbonyl (C=O) groups is 1. The molecular formula is C9H20N2O2. The Labute approximate surface area is 80.0 Å². The molecule has 0 aliphatic carbocycles. The third-order valence-electron chi connectivity index (χ3n) is 1.56. The lowest BCUT2D eigenvalue weighted by Crippen LogP contribution is -2.34. The van der Waals surface area contributed by atoms with E-state index in [9.17, 15) is 4.79 Å². The molecule has 0 rings (SSSR count). The fourth-order valence-electron chi connectivity index (χ4n) is 0.870. The largest absolute Gasteiger partial charge is 0.385 e. The lowest BCUT2D eigenvalue weighted by Gasteiger charge is -2.04. The summed E-state index contributed by atoms with van der Waals surface area (Å²) in [4.78, 5) is 11.0. The first-order valence-electron chi connectivity index (χ1n) is 4.77. The second kappa shape index (κ2) is 9.48. The van der Waals surface area contributed by atoms with Gasteiger partial charge in [0.2, 0.25) is 5.91 Å². The highest BCUT2D eigenvalue weighted by atomic mass is 16.5. The first-order chi connectivity index (χ1) is 6.31. The number of carbonyl (C=O) groups excluding carboxylic acids is 1. The molecule has 0 aliphatic rings. The minimum atomic E-state index is 0.0688. The number of amides is 1. The van der Waals surface area contributed by atoms with Crippen LogP contribution < -0.4 is 10.6 Å². The first kappa shape index (κ1) is 12.4. The molecule has 0 aromatic carbocycles. The van der Waals surface area contributed by atoms with Gasteiger partial charge in [0.05, 0.1) is 6.54 Å². The van der Waals surface area contributed by atoms with Gasteiger partial charge in [0.15, 0.2) is 0 Å². The van der Waals surface area contributed by atoms with Crippen molar-refractivity contribution >= 4 is 5.91 Å². The fraction of sp³-hybridized carbons (Fsp3) is 0.889. The molecule has 4 heteroatoms. The molecule has 1 amide bonds. The van der Waals surface area contributed by atoms with Crippen LogP contribution in [0.1, 0.15) is 19.8 Å². The van der Waals surface area contributed by atoms with Crippen molar-refractivity contribution in [3.63, 3.8) is 0 Å². The van der Waals surface area contributed by atoms with E-state index in [2.05, 4.69) is 10.6 Å². The zero-order valence-corrected chi connectivity index (χ0v) is 8.56.